The van der Waals surface area contributed by atoms with Crippen molar-refractivity contribution in [2.45, 2.75) is 0 Å². The molecule has 0 atom stereocenters. The summed E-state index contributed by atoms with van der Waals surface area (Å²) in [5.74, 6) is 0. The van der Waals surface area contributed by atoms with Gasteiger partial charge in [0.1, 0.15) is 7.05 Å². The predicted molar refractivity (Wildman–Crippen MR) is 129 cm³/mol. The van der Waals surface area contributed by atoms with Gasteiger partial charge in [0.2, 0.25) is 0 Å². The first-order valence-electron chi connectivity index (χ1n) is 10.6. The highest BCUT2D eigenvalue weighted by molar-refractivity contribution is 6.22. The van der Waals surface area contributed by atoms with E-state index in [1.807, 2.05) is 0 Å². The molecule has 2 heterocycles. The van der Waals surface area contributed by atoms with Gasteiger partial charge in [-0.3, -0.25) is 0 Å². The van der Waals surface area contributed by atoms with Crippen molar-refractivity contribution in [3.05, 3.63) is 126 Å². The summed E-state index contributed by atoms with van der Waals surface area (Å²) in [6.45, 7) is 0. The van der Waals surface area contributed by atoms with Gasteiger partial charge in [0.05, 0.1) is 0 Å². The molecule has 0 unspecified atom stereocenters. The minimum absolute atomic E-state index is 0. The number of halogens is 1. The minimum Gasteiger partial charge on any atom is -1.00 e. The van der Waals surface area contributed by atoms with Crippen LogP contribution < -0.4 is 28.5 Å². The van der Waals surface area contributed by atoms with Gasteiger partial charge < -0.3 is 28.9 Å². The van der Waals surface area contributed by atoms with E-state index in [0.29, 0.717) is 0 Å². The first kappa shape index (κ1) is 20.7. The molecule has 0 spiro atoms. The van der Waals surface area contributed by atoms with Crippen molar-refractivity contribution in [3.63, 3.8) is 0 Å². The van der Waals surface area contributed by atoms with Gasteiger partial charge >= 0.3 is 0 Å². The van der Waals surface area contributed by atoms with E-state index in [1.165, 1.54) is 55.0 Å². The molecular weight excluding hydrogens is 503 g/mol. The molecular formula is C29H23IN2. The Kier molecular flexibility index (Phi) is 5.22. The molecule has 0 fully saturated rings. The summed E-state index contributed by atoms with van der Waals surface area (Å²) in [7, 11) is 4.12. The zero-order valence-corrected chi connectivity index (χ0v) is 20.2. The van der Waals surface area contributed by atoms with Gasteiger partial charge in [0.15, 0.2) is 12.4 Å². The summed E-state index contributed by atoms with van der Waals surface area (Å²) >= 11 is 0. The lowest BCUT2D eigenvalue weighted by atomic mass is 9.87. The molecule has 0 N–H and O–H groups in total. The van der Waals surface area contributed by atoms with Gasteiger partial charge in [-0.25, -0.2) is 4.57 Å². The number of fused-ring (bicyclic) bond motifs is 6. The zero-order valence-electron chi connectivity index (χ0n) is 18.1. The van der Waals surface area contributed by atoms with Gasteiger partial charge in [-0.15, -0.1) is 0 Å². The maximum Gasteiger partial charge on any atom is 0.169 e. The molecule has 0 saturated carbocycles. The maximum atomic E-state index is 2.38. The van der Waals surface area contributed by atoms with E-state index >= 15 is 0 Å². The zero-order chi connectivity index (χ0) is 20.9. The minimum atomic E-state index is 0. The van der Waals surface area contributed by atoms with Crippen molar-refractivity contribution in [1.82, 2.24) is 4.90 Å². The average molecular weight is 526 g/mol. The molecule has 0 saturated heterocycles. The number of pyridine rings is 1. The van der Waals surface area contributed by atoms with Crippen molar-refractivity contribution >= 4 is 32.7 Å². The number of rotatable bonds is 1. The van der Waals surface area contributed by atoms with E-state index < -0.39 is 0 Å². The van der Waals surface area contributed by atoms with E-state index in [1.54, 1.807) is 0 Å². The van der Waals surface area contributed by atoms with Crippen LogP contribution in [0.15, 0.2) is 109 Å². The molecule has 1 aliphatic carbocycles. The first-order valence-corrected chi connectivity index (χ1v) is 10.6. The number of benzene rings is 3. The van der Waals surface area contributed by atoms with Crippen LogP contribution in [-0.2, 0) is 7.05 Å². The van der Waals surface area contributed by atoms with Gasteiger partial charge in [-0.2, -0.15) is 0 Å². The van der Waals surface area contributed by atoms with Crippen molar-refractivity contribution in [2.75, 3.05) is 7.05 Å². The van der Waals surface area contributed by atoms with Crippen LogP contribution in [0.25, 0.3) is 32.7 Å². The highest BCUT2D eigenvalue weighted by Gasteiger charge is 2.27. The first-order chi connectivity index (χ1) is 15.2. The van der Waals surface area contributed by atoms with Crippen LogP contribution in [0.5, 0.6) is 0 Å². The molecule has 0 bridgehead atoms. The number of aromatic nitrogens is 1. The monoisotopic (exact) mass is 526 g/mol. The van der Waals surface area contributed by atoms with Crippen LogP contribution in [0.2, 0.25) is 0 Å². The van der Waals surface area contributed by atoms with Crippen LogP contribution >= 0.6 is 0 Å². The fourth-order valence-electron chi connectivity index (χ4n) is 4.81. The summed E-state index contributed by atoms with van der Waals surface area (Å²) in [6, 6.07) is 22.1. The van der Waals surface area contributed by atoms with Gasteiger partial charge in [0.25, 0.3) is 0 Å². The average Bonchev–Trinajstić information content (AvgIpc) is 3.21. The fourth-order valence-corrected chi connectivity index (χ4v) is 4.81. The summed E-state index contributed by atoms with van der Waals surface area (Å²) in [5.41, 5.74) is 7.76. The van der Waals surface area contributed by atoms with Gasteiger partial charge in [-0.05, 0) is 73.2 Å². The number of nitrogens with zero attached hydrogens (tertiary/aromatic N) is 2. The standard InChI is InChI=1S/C29H23N2.HI/c1-30-15-11-20(12-16-30)26-19-27(21-13-17-31(2)18-14-21)29-25-10-6-4-8-23(25)22-7-3-5-9-24(22)28(26)29;/h3-19H,1-2H3;1H/q+1;/p-1. The number of hydrogen-bond donors (Lipinski definition) is 0. The van der Waals surface area contributed by atoms with Crippen LogP contribution in [-0.4, -0.2) is 11.9 Å². The topological polar surface area (TPSA) is 7.12 Å². The highest BCUT2D eigenvalue weighted by atomic mass is 127. The van der Waals surface area contributed by atoms with E-state index in [0.717, 1.165) is 0 Å². The predicted octanol–water partition coefficient (Wildman–Crippen LogP) is 2.99. The van der Waals surface area contributed by atoms with Gasteiger partial charge in [-0.1, -0.05) is 48.5 Å². The summed E-state index contributed by atoms with van der Waals surface area (Å²) in [4.78, 5) is 2.08. The third-order valence-electron chi connectivity index (χ3n) is 6.34. The largest absolute Gasteiger partial charge is 1.00 e. The molecule has 1 aromatic heterocycles. The third kappa shape index (κ3) is 3.19. The van der Waals surface area contributed by atoms with E-state index in [4.69, 9.17) is 0 Å². The highest BCUT2D eigenvalue weighted by Crippen LogP contribution is 2.48. The molecule has 3 heteroatoms. The Morgan fingerprint density at radius 1 is 0.688 bits per heavy atom. The number of allylic oxidation sites excluding steroid dienone is 5. The van der Waals surface area contributed by atoms with E-state index in [9.17, 15) is 0 Å². The SMILES string of the molecule is CN1C=CC(=C2C=C(c3cc[n+](C)cc3)c3c2c2ccccc2c2ccccc32)C=C1.[I-]. The Morgan fingerprint density at radius 2 is 1.22 bits per heavy atom. The number of aryl methyl sites for hydroxylation is 1. The quantitative estimate of drug-likeness (QED) is 0.210. The summed E-state index contributed by atoms with van der Waals surface area (Å²) < 4.78 is 2.08. The fraction of sp³-hybridized carbons (Fsp3) is 0.0690. The second-order valence-electron chi connectivity index (χ2n) is 8.32. The van der Waals surface area contributed by atoms with Crippen molar-refractivity contribution in [3.8, 4) is 0 Å². The van der Waals surface area contributed by atoms with Crippen molar-refractivity contribution in [2.24, 2.45) is 7.05 Å². The van der Waals surface area contributed by atoms with Crippen LogP contribution in [0, 0.1) is 0 Å². The van der Waals surface area contributed by atoms with E-state index in [-0.39, 0.29) is 24.0 Å². The number of hydrogen-bond acceptors (Lipinski definition) is 1. The maximum absolute atomic E-state index is 2.38. The molecule has 1 aliphatic heterocycles. The molecule has 32 heavy (non-hydrogen) atoms. The summed E-state index contributed by atoms with van der Waals surface area (Å²) in [6.07, 6.45) is 15.3. The van der Waals surface area contributed by atoms with Crippen LogP contribution in [0.4, 0.5) is 0 Å². The van der Waals surface area contributed by atoms with Crippen LogP contribution in [0.1, 0.15) is 16.7 Å². The van der Waals surface area contributed by atoms with E-state index in [2.05, 4.69) is 127 Å². The third-order valence-corrected chi connectivity index (χ3v) is 6.34. The second kappa shape index (κ2) is 8.06. The molecule has 156 valence electrons. The molecule has 2 nitrogen and oxygen atoms in total. The van der Waals surface area contributed by atoms with Gasteiger partial charge in [0, 0.05) is 31.6 Å². The van der Waals surface area contributed by atoms with Crippen molar-refractivity contribution < 1.29 is 28.5 Å². The molecule has 6 rings (SSSR count). The lowest BCUT2D eigenvalue weighted by molar-refractivity contribution is -0.671. The lowest BCUT2D eigenvalue weighted by Crippen LogP contribution is -3.00. The van der Waals surface area contributed by atoms with Crippen LogP contribution in [0.3, 0.4) is 0 Å². The Morgan fingerprint density at radius 3 is 1.81 bits per heavy atom. The molecule has 3 aromatic carbocycles. The Bertz CT molecular complexity index is 1470. The second-order valence-corrected chi connectivity index (χ2v) is 8.32. The molecule has 0 amide bonds. The molecule has 0 radical (unpaired) electrons. The normalized spacial score (nSPS) is 14.7. The Labute approximate surface area is 205 Å². The smallest absolute Gasteiger partial charge is 0.169 e. The Hall–Kier alpha value is -3.18. The lowest BCUT2D eigenvalue weighted by Gasteiger charge is -2.17. The Balaban J connectivity index is 0.00000216. The molecule has 2 aliphatic rings. The van der Waals surface area contributed by atoms with Crippen molar-refractivity contribution in [1.29, 1.82) is 0 Å². The summed E-state index contributed by atoms with van der Waals surface area (Å²) in [5, 5.41) is 5.24. The molecule has 4 aromatic rings.